The van der Waals surface area contributed by atoms with Gasteiger partial charge in [0.2, 0.25) is 5.91 Å². The van der Waals surface area contributed by atoms with E-state index in [1.807, 2.05) is 24.3 Å². The zero-order chi connectivity index (χ0) is 13.8. The summed E-state index contributed by atoms with van der Waals surface area (Å²) in [5.41, 5.74) is 6.63. The third-order valence-corrected chi connectivity index (χ3v) is 3.35. The highest BCUT2D eigenvalue weighted by atomic mass is 127. The number of halogens is 1. The van der Waals surface area contributed by atoms with Crippen molar-refractivity contribution in [3.05, 3.63) is 27.8 Å². The summed E-state index contributed by atoms with van der Waals surface area (Å²) in [6, 6.07) is 7.75. The van der Waals surface area contributed by atoms with Crippen molar-refractivity contribution in [1.82, 2.24) is 0 Å². The zero-order valence-electron chi connectivity index (χ0n) is 11.2. The fourth-order valence-corrected chi connectivity index (χ4v) is 2.16. The number of benzene rings is 1. The van der Waals surface area contributed by atoms with Gasteiger partial charge in [-0.15, -0.1) is 0 Å². The second-order valence-corrected chi connectivity index (χ2v) is 6.94. The highest BCUT2D eigenvalue weighted by Crippen LogP contribution is 2.25. The summed E-state index contributed by atoms with van der Waals surface area (Å²) in [6.07, 6.45) is 0.791. The van der Waals surface area contributed by atoms with Crippen LogP contribution in [0.3, 0.4) is 0 Å². The second kappa shape index (κ2) is 6.52. The van der Waals surface area contributed by atoms with Crippen LogP contribution < -0.4 is 11.1 Å². The van der Waals surface area contributed by atoms with Gasteiger partial charge in [-0.25, -0.2) is 0 Å². The van der Waals surface area contributed by atoms with Crippen molar-refractivity contribution in [3.63, 3.8) is 0 Å². The molecule has 1 atom stereocenters. The van der Waals surface area contributed by atoms with Gasteiger partial charge in [0.05, 0.1) is 5.92 Å². The Hall–Kier alpha value is -0.620. The molecule has 0 aromatic heterocycles. The van der Waals surface area contributed by atoms with E-state index in [0.29, 0.717) is 6.54 Å². The molecular weight excluding hydrogens is 339 g/mol. The Morgan fingerprint density at radius 1 is 1.33 bits per heavy atom. The van der Waals surface area contributed by atoms with E-state index in [9.17, 15) is 4.79 Å². The van der Waals surface area contributed by atoms with Crippen LogP contribution in [0.5, 0.6) is 0 Å². The molecule has 1 aromatic rings. The molecule has 0 aliphatic carbocycles. The van der Waals surface area contributed by atoms with Gasteiger partial charge in [-0.05, 0) is 58.7 Å². The summed E-state index contributed by atoms with van der Waals surface area (Å²) in [5.74, 6) is -0.127. The first kappa shape index (κ1) is 15.4. The van der Waals surface area contributed by atoms with Crippen LogP contribution in [0, 0.1) is 14.9 Å². The van der Waals surface area contributed by atoms with Crippen LogP contribution in [-0.2, 0) is 4.79 Å². The number of carbonyl (C=O) groups excluding carboxylic acids is 1. The van der Waals surface area contributed by atoms with Gasteiger partial charge in [-0.1, -0.05) is 20.8 Å². The molecule has 1 amide bonds. The van der Waals surface area contributed by atoms with E-state index >= 15 is 0 Å². The zero-order valence-corrected chi connectivity index (χ0v) is 13.3. The van der Waals surface area contributed by atoms with Crippen molar-refractivity contribution in [2.45, 2.75) is 27.2 Å². The number of hydrogen-bond acceptors (Lipinski definition) is 2. The first-order valence-corrected chi connectivity index (χ1v) is 7.16. The van der Waals surface area contributed by atoms with Crippen molar-refractivity contribution in [2.75, 3.05) is 11.9 Å². The normalized spacial score (nSPS) is 13.2. The summed E-state index contributed by atoms with van der Waals surface area (Å²) in [4.78, 5) is 12.1. The molecule has 18 heavy (non-hydrogen) atoms. The summed E-state index contributed by atoms with van der Waals surface area (Å²) in [6.45, 7) is 6.74. The standard InChI is InChI=1S/C14H21IN2O/c1-14(2,3)8-10(9-16)13(18)17-12-6-4-11(15)5-7-12/h4-7,10H,8-9,16H2,1-3H3,(H,17,18). The van der Waals surface area contributed by atoms with Crippen molar-refractivity contribution >= 4 is 34.2 Å². The lowest BCUT2D eigenvalue weighted by Crippen LogP contribution is -2.32. The minimum atomic E-state index is -0.135. The molecule has 1 rings (SSSR count). The molecule has 0 fully saturated rings. The van der Waals surface area contributed by atoms with E-state index in [1.54, 1.807) is 0 Å². The molecule has 0 bridgehead atoms. The van der Waals surface area contributed by atoms with Gasteiger partial charge in [0.25, 0.3) is 0 Å². The predicted molar refractivity (Wildman–Crippen MR) is 84.4 cm³/mol. The first-order chi connectivity index (χ1) is 8.31. The van der Waals surface area contributed by atoms with Gasteiger partial charge in [0, 0.05) is 15.8 Å². The Morgan fingerprint density at radius 3 is 2.33 bits per heavy atom. The fourth-order valence-electron chi connectivity index (χ4n) is 1.80. The third-order valence-electron chi connectivity index (χ3n) is 2.63. The number of nitrogens with two attached hydrogens (primary N) is 1. The van der Waals surface area contributed by atoms with Gasteiger partial charge in [0.15, 0.2) is 0 Å². The molecule has 3 N–H and O–H groups in total. The monoisotopic (exact) mass is 360 g/mol. The van der Waals surface area contributed by atoms with Crippen LogP contribution >= 0.6 is 22.6 Å². The van der Waals surface area contributed by atoms with E-state index in [-0.39, 0.29) is 17.2 Å². The topological polar surface area (TPSA) is 55.1 Å². The molecule has 0 spiro atoms. The summed E-state index contributed by atoms with van der Waals surface area (Å²) in [7, 11) is 0. The molecule has 3 nitrogen and oxygen atoms in total. The molecular formula is C14H21IN2O. The maximum Gasteiger partial charge on any atom is 0.228 e. The Kier molecular flexibility index (Phi) is 5.59. The quantitative estimate of drug-likeness (QED) is 0.810. The Bertz CT molecular complexity index is 395. The van der Waals surface area contributed by atoms with Gasteiger partial charge in [-0.3, -0.25) is 4.79 Å². The Balaban J connectivity index is 2.65. The van der Waals surface area contributed by atoms with E-state index in [4.69, 9.17) is 5.73 Å². The lowest BCUT2D eigenvalue weighted by atomic mass is 9.84. The van der Waals surface area contributed by atoms with Crippen LogP contribution in [0.15, 0.2) is 24.3 Å². The number of amides is 1. The minimum Gasteiger partial charge on any atom is -0.330 e. The van der Waals surface area contributed by atoms with Crippen LogP contribution in [-0.4, -0.2) is 12.5 Å². The predicted octanol–water partition coefficient (Wildman–Crippen LogP) is 3.24. The van der Waals surface area contributed by atoms with E-state index in [1.165, 1.54) is 0 Å². The molecule has 1 aromatic carbocycles. The number of anilines is 1. The molecule has 1 unspecified atom stereocenters. The maximum atomic E-state index is 12.1. The van der Waals surface area contributed by atoms with Crippen molar-refractivity contribution < 1.29 is 4.79 Å². The largest absolute Gasteiger partial charge is 0.330 e. The van der Waals surface area contributed by atoms with Gasteiger partial charge in [-0.2, -0.15) is 0 Å². The molecule has 0 saturated heterocycles. The first-order valence-electron chi connectivity index (χ1n) is 6.08. The van der Waals surface area contributed by atoms with Crippen molar-refractivity contribution in [2.24, 2.45) is 17.1 Å². The summed E-state index contributed by atoms with van der Waals surface area (Å²) < 4.78 is 1.15. The highest BCUT2D eigenvalue weighted by Gasteiger charge is 2.23. The van der Waals surface area contributed by atoms with E-state index < -0.39 is 0 Å². The van der Waals surface area contributed by atoms with Crippen molar-refractivity contribution in [3.8, 4) is 0 Å². The van der Waals surface area contributed by atoms with Crippen LogP contribution in [0.1, 0.15) is 27.2 Å². The fraction of sp³-hybridized carbons (Fsp3) is 0.500. The average Bonchev–Trinajstić information content (AvgIpc) is 2.27. The van der Waals surface area contributed by atoms with Crippen molar-refractivity contribution in [1.29, 1.82) is 0 Å². The van der Waals surface area contributed by atoms with E-state index in [0.717, 1.165) is 15.7 Å². The van der Waals surface area contributed by atoms with Crippen LogP contribution in [0.4, 0.5) is 5.69 Å². The molecule has 4 heteroatoms. The summed E-state index contributed by atoms with van der Waals surface area (Å²) >= 11 is 2.24. The molecule has 0 heterocycles. The Morgan fingerprint density at radius 2 is 1.89 bits per heavy atom. The molecule has 0 aliphatic rings. The summed E-state index contributed by atoms with van der Waals surface area (Å²) in [5, 5.41) is 2.92. The number of nitrogens with one attached hydrogen (secondary N) is 1. The molecule has 0 radical (unpaired) electrons. The molecule has 100 valence electrons. The number of hydrogen-bond donors (Lipinski definition) is 2. The number of carbonyl (C=O) groups is 1. The van der Waals surface area contributed by atoms with Gasteiger partial charge < -0.3 is 11.1 Å². The highest BCUT2D eigenvalue weighted by molar-refractivity contribution is 14.1. The Labute approximate surface area is 123 Å². The van der Waals surface area contributed by atoms with Crippen LogP contribution in [0.2, 0.25) is 0 Å². The second-order valence-electron chi connectivity index (χ2n) is 5.69. The average molecular weight is 360 g/mol. The molecule has 0 aliphatic heterocycles. The lowest BCUT2D eigenvalue weighted by Gasteiger charge is -2.24. The third kappa shape index (κ3) is 5.35. The number of rotatable bonds is 4. The van der Waals surface area contributed by atoms with Gasteiger partial charge in [0.1, 0.15) is 0 Å². The smallest absolute Gasteiger partial charge is 0.228 e. The van der Waals surface area contributed by atoms with Gasteiger partial charge >= 0.3 is 0 Å². The SMILES string of the molecule is CC(C)(C)CC(CN)C(=O)Nc1ccc(I)cc1. The van der Waals surface area contributed by atoms with E-state index in [2.05, 4.69) is 48.7 Å². The maximum absolute atomic E-state index is 12.1. The lowest BCUT2D eigenvalue weighted by molar-refractivity contribution is -0.120. The molecule has 0 saturated carbocycles. The van der Waals surface area contributed by atoms with Crippen LogP contribution in [0.25, 0.3) is 0 Å². The minimum absolute atomic E-state index is 0.00799.